The van der Waals surface area contributed by atoms with E-state index in [2.05, 4.69) is 26.4 Å². The molecule has 0 bridgehead atoms. The van der Waals surface area contributed by atoms with Crippen LogP contribution in [0.4, 0.5) is 16.4 Å². The third-order valence-electron chi connectivity index (χ3n) is 3.62. The number of hydrazine groups is 1. The van der Waals surface area contributed by atoms with Gasteiger partial charge < -0.3 is 14.7 Å². The van der Waals surface area contributed by atoms with E-state index in [9.17, 15) is 4.79 Å². The summed E-state index contributed by atoms with van der Waals surface area (Å²) in [7, 11) is 0. The van der Waals surface area contributed by atoms with Crippen molar-refractivity contribution in [2.75, 3.05) is 23.4 Å². The SMILES string of the molecule is N#Cc1ccncc1O[C@H]1CCN(c2cc(NNC(=O)O)ncn2)C1. The van der Waals surface area contributed by atoms with E-state index in [4.69, 9.17) is 15.1 Å². The Morgan fingerprint density at radius 2 is 2.36 bits per heavy atom. The number of rotatable bonds is 5. The molecule has 1 aliphatic rings. The van der Waals surface area contributed by atoms with Gasteiger partial charge in [-0.1, -0.05) is 0 Å². The van der Waals surface area contributed by atoms with Crippen LogP contribution in [0.2, 0.25) is 0 Å². The molecule has 0 spiro atoms. The van der Waals surface area contributed by atoms with Gasteiger partial charge in [0.25, 0.3) is 0 Å². The van der Waals surface area contributed by atoms with Crippen LogP contribution in [0.25, 0.3) is 0 Å². The Morgan fingerprint density at radius 3 is 3.16 bits per heavy atom. The fourth-order valence-corrected chi connectivity index (χ4v) is 2.48. The first-order valence-electron chi connectivity index (χ1n) is 7.48. The van der Waals surface area contributed by atoms with Gasteiger partial charge in [0.05, 0.1) is 18.3 Å². The second kappa shape index (κ2) is 7.31. The van der Waals surface area contributed by atoms with E-state index in [1.165, 1.54) is 12.5 Å². The van der Waals surface area contributed by atoms with Crippen molar-refractivity contribution in [1.82, 2.24) is 20.4 Å². The monoisotopic (exact) mass is 341 g/mol. The van der Waals surface area contributed by atoms with E-state index in [1.54, 1.807) is 18.3 Å². The summed E-state index contributed by atoms with van der Waals surface area (Å²) in [6.45, 7) is 1.30. The largest absolute Gasteiger partial charge is 0.485 e. The zero-order chi connectivity index (χ0) is 17.6. The van der Waals surface area contributed by atoms with Crippen molar-refractivity contribution in [1.29, 1.82) is 5.26 Å². The number of ether oxygens (including phenoxy) is 1. The van der Waals surface area contributed by atoms with E-state index >= 15 is 0 Å². The summed E-state index contributed by atoms with van der Waals surface area (Å²) >= 11 is 0. The molecule has 10 heteroatoms. The summed E-state index contributed by atoms with van der Waals surface area (Å²) in [6.07, 6.45) is 3.89. The van der Waals surface area contributed by atoms with Gasteiger partial charge in [0, 0.05) is 25.2 Å². The first kappa shape index (κ1) is 16.3. The lowest BCUT2D eigenvalue weighted by Crippen LogP contribution is -2.29. The lowest BCUT2D eigenvalue weighted by molar-refractivity contribution is 0.197. The van der Waals surface area contributed by atoms with Crippen molar-refractivity contribution in [3.8, 4) is 11.8 Å². The van der Waals surface area contributed by atoms with E-state index < -0.39 is 6.09 Å². The number of hydrogen-bond acceptors (Lipinski definition) is 8. The molecular weight excluding hydrogens is 326 g/mol. The average molecular weight is 341 g/mol. The molecule has 1 atom stereocenters. The summed E-state index contributed by atoms with van der Waals surface area (Å²) in [5.74, 6) is 1.46. The van der Waals surface area contributed by atoms with Gasteiger partial charge in [0.2, 0.25) is 0 Å². The van der Waals surface area contributed by atoms with Crippen LogP contribution in [-0.2, 0) is 0 Å². The van der Waals surface area contributed by atoms with Crippen molar-refractivity contribution in [2.24, 2.45) is 0 Å². The van der Waals surface area contributed by atoms with Crippen LogP contribution in [0.5, 0.6) is 5.75 Å². The summed E-state index contributed by atoms with van der Waals surface area (Å²) in [5.41, 5.74) is 4.95. The highest BCUT2D eigenvalue weighted by molar-refractivity contribution is 5.66. The van der Waals surface area contributed by atoms with E-state index in [1.807, 2.05) is 10.3 Å². The van der Waals surface area contributed by atoms with Crippen LogP contribution in [0, 0.1) is 11.3 Å². The fourth-order valence-electron chi connectivity index (χ4n) is 2.48. The second-order valence-electron chi connectivity index (χ2n) is 5.27. The Kier molecular flexibility index (Phi) is 4.75. The maximum atomic E-state index is 10.5. The van der Waals surface area contributed by atoms with Crippen molar-refractivity contribution < 1.29 is 14.6 Å². The van der Waals surface area contributed by atoms with Crippen LogP contribution in [0.15, 0.2) is 30.9 Å². The van der Waals surface area contributed by atoms with Crippen LogP contribution in [0.1, 0.15) is 12.0 Å². The summed E-state index contributed by atoms with van der Waals surface area (Å²) in [4.78, 5) is 24.6. The summed E-state index contributed by atoms with van der Waals surface area (Å²) < 4.78 is 5.88. The fraction of sp³-hybridized carbons (Fsp3) is 0.267. The van der Waals surface area contributed by atoms with E-state index in [-0.39, 0.29) is 6.10 Å². The molecule has 3 heterocycles. The van der Waals surface area contributed by atoms with Crippen molar-refractivity contribution in [2.45, 2.75) is 12.5 Å². The van der Waals surface area contributed by atoms with Gasteiger partial charge in [-0.05, 0) is 6.07 Å². The molecule has 3 rings (SSSR count). The van der Waals surface area contributed by atoms with Crippen molar-refractivity contribution in [3.63, 3.8) is 0 Å². The maximum Gasteiger partial charge on any atom is 0.423 e. The molecule has 0 aliphatic carbocycles. The molecule has 0 saturated carbocycles. The topological polar surface area (TPSA) is 136 Å². The predicted octanol–water partition coefficient (Wildman–Crippen LogP) is 0.995. The van der Waals surface area contributed by atoms with Gasteiger partial charge >= 0.3 is 6.09 Å². The highest BCUT2D eigenvalue weighted by Crippen LogP contribution is 2.24. The van der Waals surface area contributed by atoms with Gasteiger partial charge in [-0.25, -0.2) is 20.2 Å². The number of nitrogens with one attached hydrogen (secondary N) is 2. The van der Waals surface area contributed by atoms with Crippen molar-refractivity contribution in [3.05, 3.63) is 36.4 Å². The number of pyridine rings is 1. The highest BCUT2D eigenvalue weighted by atomic mass is 16.5. The highest BCUT2D eigenvalue weighted by Gasteiger charge is 2.26. The number of carboxylic acid groups (broad SMARTS) is 1. The summed E-state index contributed by atoms with van der Waals surface area (Å²) in [6, 6.07) is 5.33. The first-order valence-corrected chi connectivity index (χ1v) is 7.48. The molecule has 0 unspecified atom stereocenters. The predicted molar refractivity (Wildman–Crippen MR) is 87.0 cm³/mol. The minimum absolute atomic E-state index is 0.0974. The number of nitrogens with zero attached hydrogens (tertiary/aromatic N) is 5. The lowest BCUT2D eigenvalue weighted by Gasteiger charge is -2.18. The standard InChI is InChI=1S/C15H15N7O3/c16-6-10-1-3-17-7-12(10)25-11-2-4-22(8-11)14-5-13(18-9-19-14)20-21-15(23)24/h1,3,5,7,9,11,21H,2,4,8H2,(H,23,24)(H,18,19,20)/t11-/m0/s1. The van der Waals surface area contributed by atoms with Crippen LogP contribution >= 0.6 is 0 Å². The molecule has 1 saturated heterocycles. The molecule has 0 radical (unpaired) electrons. The average Bonchev–Trinajstić information content (AvgIpc) is 3.09. The van der Waals surface area contributed by atoms with Gasteiger partial charge in [-0.15, -0.1) is 0 Å². The zero-order valence-corrected chi connectivity index (χ0v) is 13.1. The van der Waals surface area contributed by atoms with Crippen LogP contribution < -0.4 is 20.5 Å². The molecule has 1 aliphatic heterocycles. The third kappa shape index (κ3) is 4.03. The Bertz CT molecular complexity index is 808. The minimum atomic E-state index is -1.21. The molecule has 1 fully saturated rings. The first-order chi connectivity index (χ1) is 12.2. The molecule has 0 aromatic carbocycles. The Morgan fingerprint density at radius 1 is 1.48 bits per heavy atom. The smallest absolute Gasteiger partial charge is 0.423 e. The molecule has 2 aromatic rings. The quantitative estimate of drug-likeness (QED) is 0.680. The van der Waals surface area contributed by atoms with Gasteiger partial charge in [0.1, 0.15) is 30.1 Å². The number of anilines is 2. The van der Waals surface area contributed by atoms with Crippen molar-refractivity contribution >= 4 is 17.7 Å². The lowest BCUT2D eigenvalue weighted by atomic mass is 10.2. The molecular formula is C15H15N7O3. The number of nitriles is 1. The van der Waals surface area contributed by atoms with Crippen LogP contribution in [-0.4, -0.2) is 45.3 Å². The normalized spacial score (nSPS) is 16.1. The number of amides is 1. The number of hydrogen-bond donors (Lipinski definition) is 3. The Labute approximate surface area is 143 Å². The van der Waals surface area contributed by atoms with Gasteiger partial charge in [0.15, 0.2) is 5.75 Å². The second-order valence-corrected chi connectivity index (χ2v) is 5.27. The number of carbonyl (C=O) groups is 1. The minimum Gasteiger partial charge on any atom is -0.485 e. The third-order valence-corrected chi connectivity index (χ3v) is 3.62. The maximum absolute atomic E-state index is 10.5. The van der Waals surface area contributed by atoms with Gasteiger partial charge in [-0.2, -0.15) is 5.26 Å². The molecule has 10 nitrogen and oxygen atoms in total. The molecule has 128 valence electrons. The number of aromatic nitrogens is 3. The Balaban J connectivity index is 1.64. The molecule has 3 N–H and O–H groups in total. The van der Waals surface area contributed by atoms with E-state index in [0.717, 1.165) is 13.0 Å². The van der Waals surface area contributed by atoms with Crippen LogP contribution in [0.3, 0.4) is 0 Å². The molecule has 2 aromatic heterocycles. The summed E-state index contributed by atoms with van der Waals surface area (Å²) in [5, 5.41) is 17.7. The Hall–Kier alpha value is -3.61. The molecule has 25 heavy (non-hydrogen) atoms. The zero-order valence-electron chi connectivity index (χ0n) is 13.1. The van der Waals surface area contributed by atoms with E-state index in [0.29, 0.717) is 29.5 Å². The molecule has 1 amide bonds. The van der Waals surface area contributed by atoms with Gasteiger partial charge in [-0.3, -0.25) is 10.4 Å².